The van der Waals surface area contributed by atoms with Crippen LogP contribution in [0.15, 0.2) is 0 Å². The van der Waals surface area contributed by atoms with Crippen molar-refractivity contribution in [3.05, 3.63) is 0 Å². The first-order valence-corrected chi connectivity index (χ1v) is 7.45. The molecule has 0 aromatic rings. The normalized spacial score (nSPS) is 23.4. The summed E-state index contributed by atoms with van der Waals surface area (Å²) in [5.74, 6) is -3.06. The zero-order valence-electron chi connectivity index (χ0n) is 12.7. The van der Waals surface area contributed by atoms with Gasteiger partial charge in [-0.1, -0.05) is 20.3 Å². The lowest BCUT2D eigenvalue weighted by atomic mass is 9.98. The van der Waals surface area contributed by atoms with E-state index in [0.717, 1.165) is 19.3 Å². The minimum absolute atomic E-state index is 0.00938. The first-order chi connectivity index (χ1) is 10.2. The molecule has 1 aliphatic rings. The van der Waals surface area contributed by atoms with E-state index < -0.39 is 30.0 Å². The molecule has 5 nitrogen and oxygen atoms in total. The van der Waals surface area contributed by atoms with E-state index in [1.54, 1.807) is 19.2 Å². The maximum absolute atomic E-state index is 12.3. The largest absolute Gasteiger partial charge is 0.471 e. The van der Waals surface area contributed by atoms with Gasteiger partial charge in [0.05, 0.1) is 0 Å². The molecule has 1 fully saturated rings. The van der Waals surface area contributed by atoms with Crippen LogP contribution >= 0.6 is 0 Å². The topological polar surface area (TPSA) is 78.4 Å². The van der Waals surface area contributed by atoms with Gasteiger partial charge in [-0.25, -0.2) is 0 Å². The Hall–Kier alpha value is -1.31. The van der Waals surface area contributed by atoms with Gasteiger partial charge in [0.25, 0.3) is 0 Å². The summed E-state index contributed by atoms with van der Waals surface area (Å²) >= 11 is 0. The molecule has 0 unspecified atom stereocenters. The van der Waals surface area contributed by atoms with Gasteiger partial charge in [0.1, 0.15) is 6.04 Å². The number of halogens is 3. The third-order valence-electron chi connectivity index (χ3n) is 3.98. The number of nitrogens with one attached hydrogen (secondary N) is 2. The molecule has 0 aromatic carbocycles. The summed E-state index contributed by atoms with van der Waals surface area (Å²) in [5, 5.41) is 13.5. The molecule has 0 aromatic heterocycles. The molecule has 0 bridgehead atoms. The fourth-order valence-corrected chi connectivity index (χ4v) is 2.77. The fraction of sp³-hybridized carbons (Fsp3) is 0.857. The number of carbonyl (C=O) groups excluding carboxylic acids is 2. The van der Waals surface area contributed by atoms with E-state index >= 15 is 0 Å². The standard InChI is InChI=1S/C14H23F3N2O3/c1-8(2)11(19-13(22)14(15,16)17)12(21)18-10-5-3-4-9(10)6-7-20/h8-11,20H,3-7H2,1-2H3,(H,18,21)(H,19,22)/t9-,10-,11-/m0/s1. The Balaban J connectivity index is 2.67. The summed E-state index contributed by atoms with van der Waals surface area (Å²) in [6, 6.07) is -1.40. The van der Waals surface area contributed by atoms with Crippen LogP contribution in [0.2, 0.25) is 0 Å². The highest BCUT2D eigenvalue weighted by Gasteiger charge is 2.42. The predicted octanol–water partition coefficient (Wildman–Crippen LogP) is 1.36. The van der Waals surface area contributed by atoms with Crippen molar-refractivity contribution in [3.63, 3.8) is 0 Å². The Morgan fingerprint density at radius 2 is 1.91 bits per heavy atom. The smallest absolute Gasteiger partial charge is 0.396 e. The zero-order valence-corrected chi connectivity index (χ0v) is 12.7. The van der Waals surface area contributed by atoms with Crippen LogP contribution < -0.4 is 10.6 Å². The van der Waals surface area contributed by atoms with Gasteiger partial charge in [-0.2, -0.15) is 13.2 Å². The summed E-state index contributed by atoms with van der Waals surface area (Å²) < 4.78 is 37.0. The summed E-state index contributed by atoms with van der Waals surface area (Å²) in [5.41, 5.74) is 0. The summed E-state index contributed by atoms with van der Waals surface area (Å²) in [7, 11) is 0. The molecular weight excluding hydrogens is 301 g/mol. The Bertz CT molecular complexity index is 399. The zero-order chi connectivity index (χ0) is 16.9. The number of aliphatic hydroxyl groups is 1. The quantitative estimate of drug-likeness (QED) is 0.690. The van der Waals surface area contributed by atoms with Crippen LogP contribution in [0, 0.1) is 11.8 Å². The Morgan fingerprint density at radius 3 is 2.41 bits per heavy atom. The SMILES string of the molecule is CC(C)[C@H](NC(=O)C(F)(F)F)C(=O)N[C@H]1CCC[C@H]1CCO. The Morgan fingerprint density at radius 1 is 1.27 bits per heavy atom. The van der Waals surface area contributed by atoms with Crippen molar-refractivity contribution in [2.75, 3.05) is 6.61 Å². The summed E-state index contributed by atoms with van der Waals surface area (Å²) in [6.45, 7) is 3.15. The molecule has 0 heterocycles. The molecule has 3 N–H and O–H groups in total. The van der Waals surface area contributed by atoms with E-state index in [2.05, 4.69) is 5.32 Å². The molecular formula is C14H23F3N2O3. The van der Waals surface area contributed by atoms with E-state index in [0.29, 0.717) is 6.42 Å². The minimum Gasteiger partial charge on any atom is -0.396 e. The van der Waals surface area contributed by atoms with Crippen molar-refractivity contribution in [1.82, 2.24) is 10.6 Å². The lowest BCUT2D eigenvalue weighted by Crippen LogP contribution is -2.55. The van der Waals surface area contributed by atoms with Crippen LogP contribution in [0.25, 0.3) is 0 Å². The van der Waals surface area contributed by atoms with Crippen molar-refractivity contribution in [1.29, 1.82) is 0 Å². The minimum atomic E-state index is -5.01. The number of aliphatic hydroxyl groups excluding tert-OH is 1. The number of hydrogen-bond donors (Lipinski definition) is 3. The third-order valence-corrected chi connectivity index (χ3v) is 3.98. The van der Waals surface area contributed by atoms with Gasteiger partial charge in [-0.15, -0.1) is 0 Å². The van der Waals surface area contributed by atoms with E-state index in [4.69, 9.17) is 5.11 Å². The average molecular weight is 324 g/mol. The molecule has 22 heavy (non-hydrogen) atoms. The lowest BCUT2D eigenvalue weighted by molar-refractivity contribution is -0.175. The molecule has 0 radical (unpaired) electrons. The van der Waals surface area contributed by atoms with Gasteiger partial charge < -0.3 is 15.7 Å². The summed E-state index contributed by atoms with van der Waals surface area (Å²) in [6.07, 6.45) is -1.97. The van der Waals surface area contributed by atoms with Gasteiger partial charge >= 0.3 is 12.1 Å². The van der Waals surface area contributed by atoms with Crippen molar-refractivity contribution in [3.8, 4) is 0 Å². The molecule has 1 saturated carbocycles. The number of amides is 2. The number of alkyl halides is 3. The Labute approximate surface area is 127 Å². The van der Waals surface area contributed by atoms with Crippen LogP contribution in [0.5, 0.6) is 0 Å². The van der Waals surface area contributed by atoms with Gasteiger partial charge in [-0.3, -0.25) is 9.59 Å². The van der Waals surface area contributed by atoms with Crippen molar-refractivity contribution < 1.29 is 27.9 Å². The van der Waals surface area contributed by atoms with E-state index in [-0.39, 0.29) is 18.6 Å². The highest BCUT2D eigenvalue weighted by molar-refractivity contribution is 5.90. The molecule has 1 rings (SSSR count). The first-order valence-electron chi connectivity index (χ1n) is 7.45. The molecule has 128 valence electrons. The molecule has 2 amide bonds. The van der Waals surface area contributed by atoms with Gasteiger partial charge in [0, 0.05) is 12.6 Å². The average Bonchev–Trinajstić information content (AvgIpc) is 2.81. The molecule has 3 atom stereocenters. The van der Waals surface area contributed by atoms with Crippen molar-refractivity contribution in [2.45, 2.75) is 57.8 Å². The second-order valence-corrected chi connectivity index (χ2v) is 6.01. The van der Waals surface area contributed by atoms with Gasteiger partial charge in [0.15, 0.2) is 0 Å². The fourth-order valence-electron chi connectivity index (χ4n) is 2.77. The van der Waals surface area contributed by atoms with E-state index in [9.17, 15) is 22.8 Å². The number of rotatable bonds is 6. The molecule has 0 saturated heterocycles. The Kier molecular flexibility index (Phi) is 6.65. The van der Waals surface area contributed by atoms with Crippen molar-refractivity contribution in [2.24, 2.45) is 11.8 Å². The van der Waals surface area contributed by atoms with Gasteiger partial charge in [-0.05, 0) is 31.1 Å². The first kappa shape index (κ1) is 18.7. The number of hydrogen-bond acceptors (Lipinski definition) is 3. The monoisotopic (exact) mass is 324 g/mol. The maximum Gasteiger partial charge on any atom is 0.471 e. The third kappa shape index (κ3) is 5.15. The lowest BCUT2D eigenvalue weighted by Gasteiger charge is -2.26. The summed E-state index contributed by atoms with van der Waals surface area (Å²) in [4.78, 5) is 23.2. The maximum atomic E-state index is 12.3. The van der Waals surface area contributed by atoms with Crippen LogP contribution in [0.1, 0.15) is 39.5 Å². The highest BCUT2D eigenvalue weighted by atomic mass is 19.4. The van der Waals surface area contributed by atoms with Gasteiger partial charge in [0.2, 0.25) is 5.91 Å². The van der Waals surface area contributed by atoms with E-state index in [1.165, 1.54) is 0 Å². The number of carbonyl (C=O) groups is 2. The van der Waals surface area contributed by atoms with Crippen molar-refractivity contribution >= 4 is 11.8 Å². The molecule has 0 spiro atoms. The molecule has 1 aliphatic carbocycles. The predicted molar refractivity (Wildman–Crippen MR) is 73.8 cm³/mol. The van der Waals surface area contributed by atoms with Crippen LogP contribution in [-0.2, 0) is 9.59 Å². The van der Waals surface area contributed by atoms with Crippen LogP contribution in [0.3, 0.4) is 0 Å². The second-order valence-electron chi connectivity index (χ2n) is 6.01. The molecule has 8 heteroatoms. The second kappa shape index (κ2) is 7.80. The highest BCUT2D eigenvalue weighted by Crippen LogP contribution is 2.28. The van der Waals surface area contributed by atoms with E-state index in [1.807, 2.05) is 0 Å². The van der Waals surface area contributed by atoms with Crippen LogP contribution in [0.4, 0.5) is 13.2 Å². The molecule has 0 aliphatic heterocycles. The van der Waals surface area contributed by atoms with Crippen LogP contribution in [-0.4, -0.2) is 41.8 Å².